The molecular weight excluding hydrogens is 198 g/mol. The maximum atomic E-state index is 11.3. The van der Waals surface area contributed by atoms with E-state index >= 15 is 0 Å². The summed E-state index contributed by atoms with van der Waals surface area (Å²) in [6.07, 6.45) is 0.367. The van der Waals surface area contributed by atoms with Crippen LogP contribution in [0.3, 0.4) is 0 Å². The Morgan fingerprint density at radius 3 is 2.53 bits per heavy atom. The maximum Gasteiger partial charge on any atom is 0.407 e. The molecule has 1 aliphatic rings. The van der Waals surface area contributed by atoms with Gasteiger partial charge in [-0.05, 0) is 33.1 Å². The van der Waals surface area contributed by atoms with E-state index in [2.05, 4.69) is 5.32 Å². The van der Waals surface area contributed by atoms with Crippen molar-refractivity contribution in [3.63, 3.8) is 0 Å². The summed E-state index contributed by atoms with van der Waals surface area (Å²) in [6, 6.07) is -0.0315. The van der Waals surface area contributed by atoms with Crippen LogP contribution >= 0.6 is 0 Å². The average Bonchev–Trinajstić information content (AvgIpc) is 2.60. The van der Waals surface area contributed by atoms with E-state index in [4.69, 9.17) is 9.84 Å². The zero-order chi connectivity index (χ0) is 11.6. The van der Waals surface area contributed by atoms with Crippen molar-refractivity contribution in [1.82, 2.24) is 5.32 Å². The van der Waals surface area contributed by atoms with E-state index in [1.54, 1.807) is 20.8 Å². The second-order valence-electron chi connectivity index (χ2n) is 4.85. The molecule has 5 heteroatoms. The summed E-state index contributed by atoms with van der Waals surface area (Å²) >= 11 is 0. The van der Waals surface area contributed by atoms with Gasteiger partial charge >= 0.3 is 12.1 Å². The molecule has 0 spiro atoms. The fourth-order valence-corrected chi connectivity index (χ4v) is 1.33. The number of hydrogen-bond donors (Lipinski definition) is 2. The van der Waals surface area contributed by atoms with Gasteiger partial charge in [0.05, 0.1) is 6.42 Å². The molecule has 0 aromatic heterocycles. The smallest absolute Gasteiger partial charge is 0.407 e. The van der Waals surface area contributed by atoms with E-state index in [0.29, 0.717) is 0 Å². The molecular formula is C10H17NO4. The van der Waals surface area contributed by atoms with E-state index in [-0.39, 0.29) is 18.4 Å². The second-order valence-corrected chi connectivity index (χ2v) is 4.85. The number of carbonyl (C=O) groups is 2. The van der Waals surface area contributed by atoms with Crippen molar-refractivity contribution in [2.75, 3.05) is 0 Å². The van der Waals surface area contributed by atoms with Gasteiger partial charge < -0.3 is 15.2 Å². The number of hydrogen-bond acceptors (Lipinski definition) is 3. The van der Waals surface area contributed by atoms with Crippen molar-refractivity contribution in [1.29, 1.82) is 0 Å². The molecule has 0 bridgehead atoms. The predicted molar refractivity (Wildman–Crippen MR) is 53.5 cm³/mol. The lowest BCUT2D eigenvalue weighted by atomic mass is 10.2. The zero-order valence-corrected chi connectivity index (χ0v) is 9.24. The van der Waals surface area contributed by atoms with Crippen molar-refractivity contribution in [2.45, 2.75) is 45.3 Å². The van der Waals surface area contributed by atoms with Crippen LogP contribution in [0.2, 0.25) is 0 Å². The summed E-state index contributed by atoms with van der Waals surface area (Å²) in [5, 5.41) is 11.2. The third-order valence-corrected chi connectivity index (χ3v) is 2.06. The highest BCUT2D eigenvalue weighted by Gasteiger charge is 2.40. The second kappa shape index (κ2) is 4.08. The van der Waals surface area contributed by atoms with Gasteiger partial charge in [-0.3, -0.25) is 4.79 Å². The number of carbonyl (C=O) groups excluding carboxylic acids is 1. The Bertz CT molecular complexity index is 269. The molecule has 1 fully saturated rings. The molecule has 2 atom stereocenters. The number of rotatable bonds is 3. The Balaban J connectivity index is 2.22. The van der Waals surface area contributed by atoms with E-state index in [1.807, 2.05) is 0 Å². The molecule has 15 heavy (non-hydrogen) atoms. The van der Waals surface area contributed by atoms with E-state index in [9.17, 15) is 9.59 Å². The Hall–Kier alpha value is -1.26. The molecule has 86 valence electrons. The predicted octanol–water partition coefficient (Wildman–Crippen LogP) is 1.37. The van der Waals surface area contributed by atoms with Crippen LogP contribution in [0.4, 0.5) is 4.79 Å². The summed E-state index contributed by atoms with van der Waals surface area (Å²) in [4.78, 5) is 21.6. The van der Waals surface area contributed by atoms with Crippen molar-refractivity contribution >= 4 is 12.1 Å². The van der Waals surface area contributed by atoms with E-state index in [1.165, 1.54) is 0 Å². The number of nitrogens with one attached hydrogen (secondary N) is 1. The normalized spacial score (nSPS) is 24.5. The highest BCUT2D eigenvalue weighted by Crippen LogP contribution is 2.33. The molecule has 0 saturated heterocycles. The Morgan fingerprint density at radius 1 is 1.47 bits per heavy atom. The number of amides is 1. The Labute approximate surface area is 88.8 Å². The van der Waals surface area contributed by atoms with Crippen LogP contribution < -0.4 is 5.32 Å². The number of carboxylic acids is 1. The zero-order valence-electron chi connectivity index (χ0n) is 9.24. The molecule has 5 nitrogen and oxygen atoms in total. The molecule has 1 amide bonds. The largest absolute Gasteiger partial charge is 0.481 e. The minimum absolute atomic E-state index is 0.0315. The molecule has 1 saturated carbocycles. The third-order valence-electron chi connectivity index (χ3n) is 2.06. The average molecular weight is 215 g/mol. The highest BCUT2D eigenvalue weighted by molar-refractivity contribution is 5.70. The minimum atomic E-state index is -0.825. The van der Waals surface area contributed by atoms with Gasteiger partial charge in [-0.25, -0.2) is 4.79 Å². The monoisotopic (exact) mass is 215 g/mol. The van der Waals surface area contributed by atoms with Gasteiger partial charge in [0, 0.05) is 6.04 Å². The van der Waals surface area contributed by atoms with Crippen molar-refractivity contribution in [3.8, 4) is 0 Å². The number of ether oxygens (including phenoxy) is 1. The fourth-order valence-electron chi connectivity index (χ4n) is 1.33. The maximum absolute atomic E-state index is 11.3. The Morgan fingerprint density at radius 2 is 2.07 bits per heavy atom. The summed E-state index contributed by atoms with van der Waals surface area (Å²) in [5.74, 6) is -0.761. The topological polar surface area (TPSA) is 75.6 Å². The van der Waals surface area contributed by atoms with Crippen LogP contribution in [-0.2, 0) is 9.53 Å². The lowest BCUT2D eigenvalue weighted by molar-refractivity contribution is -0.137. The molecule has 0 aromatic rings. The lowest BCUT2D eigenvalue weighted by Gasteiger charge is -2.19. The van der Waals surface area contributed by atoms with Crippen LogP contribution in [0, 0.1) is 5.92 Å². The first-order chi connectivity index (χ1) is 6.78. The lowest BCUT2D eigenvalue weighted by Crippen LogP contribution is -2.34. The fraction of sp³-hybridized carbons (Fsp3) is 0.800. The standard InChI is InChI=1S/C10H17NO4/c1-10(2,3)15-9(14)11-7-4-6(7)5-8(12)13/h6-7H,4-5H2,1-3H3,(H,11,14)(H,12,13)/t6-,7+/m1/s1. The van der Waals surface area contributed by atoms with Crippen LogP contribution in [0.25, 0.3) is 0 Å². The van der Waals surface area contributed by atoms with Gasteiger partial charge in [-0.1, -0.05) is 0 Å². The summed E-state index contributed by atoms with van der Waals surface area (Å²) < 4.78 is 5.04. The van der Waals surface area contributed by atoms with E-state index < -0.39 is 17.7 Å². The molecule has 1 rings (SSSR count). The molecule has 1 aliphatic carbocycles. The van der Waals surface area contributed by atoms with Gasteiger partial charge in [-0.15, -0.1) is 0 Å². The Kier molecular flexibility index (Phi) is 3.21. The summed E-state index contributed by atoms with van der Waals surface area (Å²) in [7, 11) is 0. The molecule has 0 unspecified atom stereocenters. The first-order valence-corrected chi connectivity index (χ1v) is 4.99. The molecule has 0 aliphatic heterocycles. The van der Waals surface area contributed by atoms with Crippen LogP contribution in [0.15, 0.2) is 0 Å². The van der Waals surface area contributed by atoms with Crippen LogP contribution in [0.5, 0.6) is 0 Å². The first-order valence-electron chi connectivity index (χ1n) is 4.99. The molecule has 2 N–H and O–H groups in total. The number of alkyl carbamates (subject to hydrolysis) is 1. The molecule has 0 radical (unpaired) electrons. The van der Waals surface area contributed by atoms with Crippen LogP contribution in [-0.4, -0.2) is 28.8 Å². The highest BCUT2D eigenvalue weighted by atomic mass is 16.6. The van der Waals surface area contributed by atoms with Crippen molar-refractivity contribution in [3.05, 3.63) is 0 Å². The van der Waals surface area contributed by atoms with Gasteiger partial charge in [-0.2, -0.15) is 0 Å². The van der Waals surface area contributed by atoms with Crippen molar-refractivity contribution in [2.24, 2.45) is 5.92 Å². The van der Waals surface area contributed by atoms with Crippen LogP contribution in [0.1, 0.15) is 33.6 Å². The van der Waals surface area contributed by atoms with Gasteiger partial charge in [0.2, 0.25) is 0 Å². The number of carboxylic acid groups (broad SMARTS) is 1. The first kappa shape index (κ1) is 11.8. The van der Waals surface area contributed by atoms with Gasteiger partial charge in [0.1, 0.15) is 5.60 Å². The quantitative estimate of drug-likeness (QED) is 0.745. The third kappa shape index (κ3) is 4.67. The summed E-state index contributed by atoms with van der Waals surface area (Å²) in [5.41, 5.74) is -0.513. The molecule has 0 aromatic carbocycles. The number of aliphatic carboxylic acids is 1. The SMILES string of the molecule is CC(C)(C)OC(=O)N[C@H]1C[C@@H]1CC(=O)O. The van der Waals surface area contributed by atoms with E-state index in [0.717, 1.165) is 6.42 Å². The summed E-state index contributed by atoms with van der Waals surface area (Å²) in [6.45, 7) is 5.36. The molecule has 0 heterocycles. The van der Waals surface area contributed by atoms with Crippen molar-refractivity contribution < 1.29 is 19.4 Å². The van der Waals surface area contributed by atoms with Gasteiger partial charge in [0.25, 0.3) is 0 Å². The van der Waals surface area contributed by atoms with Gasteiger partial charge in [0.15, 0.2) is 0 Å². The minimum Gasteiger partial charge on any atom is -0.481 e.